The Labute approximate surface area is 87.5 Å². The highest BCUT2D eigenvalue weighted by molar-refractivity contribution is 6.22. The third kappa shape index (κ3) is 3.19. The molecule has 0 aromatic carbocycles. The molecule has 1 rings (SSSR count). The minimum Gasteiger partial charge on any atom is -0.271 e. The van der Waals surface area contributed by atoms with Gasteiger partial charge in [0.25, 0.3) is 0 Å². The van der Waals surface area contributed by atoms with E-state index in [1.54, 1.807) is 0 Å². The molecular weight excluding hydrogens is 210 g/mol. The van der Waals surface area contributed by atoms with Gasteiger partial charge in [-0.2, -0.15) is 8.78 Å². The number of allylic oxidation sites excluding steroid dienone is 1. The maximum Gasteiger partial charge on any atom is 0.341 e. The van der Waals surface area contributed by atoms with Gasteiger partial charge >= 0.3 is 5.38 Å². The standard InChI is InChI=1S/C9H15ClF2N2/c10-9(11,12)8(14-13)7-5-3-1-2-4-6-7/h5,8,14H,1-4,6,13H2. The van der Waals surface area contributed by atoms with E-state index in [0.29, 0.717) is 12.0 Å². The molecule has 0 fully saturated rings. The van der Waals surface area contributed by atoms with E-state index in [1.165, 1.54) is 0 Å². The van der Waals surface area contributed by atoms with E-state index in [0.717, 1.165) is 25.7 Å². The van der Waals surface area contributed by atoms with Gasteiger partial charge in [-0.25, -0.2) is 5.43 Å². The van der Waals surface area contributed by atoms with Crippen molar-refractivity contribution >= 4 is 11.6 Å². The van der Waals surface area contributed by atoms with Crippen molar-refractivity contribution in [3.8, 4) is 0 Å². The molecule has 0 saturated heterocycles. The van der Waals surface area contributed by atoms with Gasteiger partial charge in [-0.3, -0.25) is 5.84 Å². The second-order valence-electron chi connectivity index (χ2n) is 3.52. The first-order chi connectivity index (χ1) is 6.55. The van der Waals surface area contributed by atoms with Crippen LogP contribution in [-0.2, 0) is 0 Å². The number of nitrogens with one attached hydrogen (secondary N) is 1. The lowest BCUT2D eigenvalue weighted by atomic mass is 10.0. The lowest BCUT2D eigenvalue weighted by molar-refractivity contribution is 0.0627. The van der Waals surface area contributed by atoms with Gasteiger partial charge in [0, 0.05) is 0 Å². The Kier molecular flexibility index (Phi) is 4.29. The van der Waals surface area contributed by atoms with Crippen molar-refractivity contribution in [2.24, 2.45) is 5.84 Å². The first-order valence-electron chi connectivity index (χ1n) is 4.77. The summed E-state index contributed by atoms with van der Waals surface area (Å²) in [5.41, 5.74) is 2.72. The van der Waals surface area contributed by atoms with E-state index < -0.39 is 11.4 Å². The molecule has 0 heterocycles. The van der Waals surface area contributed by atoms with Crippen LogP contribution in [0.15, 0.2) is 11.6 Å². The highest BCUT2D eigenvalue weighted by atomic mass is 35.5. The van der Waals surface area contributed by atoms with Crippen LogP contribution in [0.1, 0.15) is 32.1 Å². The Bertz CT molecular complexity index is 213. The monoisotopic (exact) mass is 224 g/mol. The van der Waals surface area contributed by atoms with E-state index in [1.807, 2.05) is 6.08 Å². The van der Waals surface area contributed by atoms with Crippen molar-refractivity contribution < 1.29 is 8.78 Å². The summed E-state index contributed by atoms with van der Waals surface area (Å²) in [4.78, 5) is 0. The summed E-state index contributed by atoms with van der Waals surface area (Å²) in [6, 6.07) is -1.23. The number of halogens is 3. The quantitative estimate of drug-likeness (QED) is 0.335. The summed E-state index contributed by atoms with van der Waals surface area (Å²) in [7, 11) is 0. The molecule has 0 amide bonds. The van der Waals surface area contributed by atoms with Crippen LogP contribution < -0.4 is 11.3 Å². The Morgan fingerprint density at radius 3 is 2.71 bits per heavy atom. The fraction of sp³-hybridized carbons (Fsp3) is 0.778. The normalized spacial score (nSPS) is 21.3. The van der Waals surface area contributed by atoms with E-state index >= 15 is 0 Å². The zero-order valence-corrected chi connectivity index (χ0v) is 8.66. The summed E-state index contributed by atoms with van der Waals surface area (Å²) in [6.45, 7) is 0. The molecule has 1 aliphatic carbocycles. The van der Waals surface area contributed by atoms with Crippen molar-refractivity contribution in [1.82, 2.24) is 5.43 Å². The van der Waals surface area contributed by atoms with Crippen LogP contribution >= 0.6 is 11.6 Å². The van der Waals surface area contributed by atoms with Gasteiger partial charge in [-0.05, 0) is 42.9 Å². The van der Waals surface area contributed by atoms with Crippen LogP contribution in [0.4, 0.5) is 8.78 Å². The highest BCUT2D eigenvalue weighted by Crippen LogP contribution is 2.31. The molecule has 5 heteroatoms. The average Bonchev–Trinajstić information content (AvgIpc) is 2.31. The zero-order valence-electron chi connectivity index (χ0n) is 7.90. The predicted octanol–water partition coefficient (Wildman–Crippen LogP) is 2.54. The molecular formula is C9H15ClF2N2. The lowest BCUT2D eigenvalue weighted by Crippen LogP contribution is -2.46. The van der Waals surface area contributed by atoms with E-state index in [2.05, 4.69) is 5.43 Å². The van der Waals surface area contributed by atoms with Gasteiger partial charge in [-0.1, -0.05) is 12.5 Å². The molecule has 0 saturated carbocycles. The number of nitrogens with two attached hydrogens (primary N) is 1. The van der Waals surface area contributed by atoms with Crippen molar-refractivity contribution in [1.29, 1.82) is 0 Å². The molecule has 82 valence electrons. The SMILES string of the molecule is NNC(C1=CCCCCC1)C(F)(F)Cl. The molecule has 0 aromatic heterocycles. The van der Waals surface area contributed by atoms with E-state index in [4.69, 9.17) is 17.4 Å². The molecule has 14 heavy (non-hydrogen) atoms. The Hall–Kier alpha value is -0.190. The van der Waals surface area contributed by atoms with Crippen LogP contribution in [0.3, 0.4) is 0 Å². The van der Waals surface area contributed by atoms with Gasteiger partial charge in [0.1, 0.15) is 6.04 Å². The molecule has 0 aliphatic heterocycles. The molecule has 1 aliphatic rings. The summed E-state index contributed by atoms with van der Waals surface area (Å²) in [5, 5.41) is -3.31. The topological polar surface area (TPSA) is 38.0 Å². The third-order valence-electron chi connectivity index (χ3n) is 2.44. The first-order valence-corrected chi connectivity index (χ1v) is 5.15. The fourth-order valence-corrected chi connectivity index (χ4v) is 1.92. The molecule has 0 spiro atoms. The van der Waals surface area contributed by atoms with Crippen molar-refractivity contribution in [2.75, 3.05) is 0 Å². The summed E-state index contributed by atoms with van der Waals surface area (Å²) in [6.07, 6.45) is 6.36. The van der Waals surface area contributed by atoms with Gasteiger partial charge in [0.05, 0.1) is 0 Å². The summed E-state index contributed by atoms with van der Waals surface area (Å²) >= 11 is 4.97. The third-order valence-corrected chi connectivity index (χ3v) is 2.66. The number of hydrogen-bond acceptors (Lipinski definition) is 2. The smallest absolute Gasteiger partial charge is 0.271 e. The highest BCUT2D eigenvalue weighted by Gasteiger charge is 2.38. The maximum atomic E-state index is 12.9. The van der Waals surface area contributed by atoms with Crippen LogP contribution in [0.2, 0.25) is 0 Å². The second kappa shape index (κ2) is 5.05. The fourth-order valence-electron chi connectivity index (χ4n) is 1.71. The Balaban J connectivity index is 2.72. The van der Waals surface area contributed by atoms with Gasteiger partial charge in [0.15, 0.2) is 0 Å². The number of alkyl halides is 3. The number of hydrogen-bond donors (Lipinski definition) is 2. The molecule has 1 atom stereocenters. The number of rotatable bonds is 3. The van der Waals surface area contributed by atoms with Crippen molar-refractivity contribution in [2.45, 2.75) is 43.5 Å². The molecule has 0 bridgehead atoms. The van der Waals surface area contributed by atoms with Crippen molar-refractivity contribution in [3.05, 3.63) is 11.6 Å². The molecule has 1 unspecified atom stereocenters. The maximum absolute atomic E-state index is 12.9. The van der Waals surface area contributed by atoms with Crippen LogP contribution in [0, 0.1) is 0 Å². The lowest BCUT2D eigenvalue weighted by Gasteiger charge is -2.23. The second-order valence-corrected chi connectivity index (χ2v) is 4.02. The van der Waals surface area contributed by atoms with Crippen molar-refractivity contribution in [3.63, 3.8) is 0 Å². The predicted molar refractivity (Wildman–Crippen MR) is 53.1 cm³/mol. The van der Waals surface area contributed by atoms with E-state index in [9.17, 15) is 8.78 Å². The van der Waals surface area contributed by atoms with Gasteiger partial charge < -0.3 is 0 Å². The van der Waals surface area contributed by atoms with Crippen LogP contribution in [0.5, 0.6) is 0 Å². The average molecular weight is 225 g/mol. The van der Waals surface area contributed by atoms with Crippen LogP contribution in [-0.4, -0.2) is 11.4 Å². The van der Waals surface area contributed by atoms with Gasteiger partial charge in [-0.15, -0.1) is 0 Å². The molecule has 0 radical (unpaired) electrons. The largest absolute Gasteiger partial charge is 0.341 e. The minimum atomic E-state index is -3.31. The molecule has 3 N–H and O–H groups in total. The zero-order chi connectivity index (χ0) is 10.6. The van der Waals surface area contributed by atoms with Gasteiger partial charge in [0.2, 0.25) is 0 Å². The summed E-state index contributed by atoms with van der Waals surface area (Å²) in [5.74, 6) is 5.09. The minimum absolute atomic E-state index is 0.630. The Morgan fingerprint density at radius 1 is 1.43 bits per heavy atom. The first kappa shape index (κ1) is 11.9. The number of hydrazine groups is 1. The molecule has 0 aromatic rings. The van der Waals surface area contributed by atoms with E-state index in [-0.39, 0.29) is 0 Å². The molecule has 2 nitrogen and oxygen atoms in total. The summed E-state index contributed by atoms with van der Waals surface area (Å²) < 4.78 is 25.8. The van der Waals surface area contributed by atoms with Crippen LogP contribution in [0.25, 0.3) is 0 Å². The Morgan fingerprint density at radius 2 is 2.14 bits per heavy atom.